The standard InChI is InChI=1S/C22H20N4O3/c27-20-10-11-21(28)26(20)15-17-4-8-19(9-5-17)24-22(29)18-6-2-16(3-7-18)14-25-13-1-12-23-25/h1-9,12-13H,10-11,14-15H2,(H,24,29). The number of benzene rings is 2. The number of carbonyl (C=O) groups is 3. The summed E-state index contributed by atoms with van der Waals surface area (Å²) in [4.78, 5) is 37.2. The number of anilines is 1. The quantitative estimate of drug-likeness (QED) is 0.658. The molecule has 7 nitrogen and oxygen atoms in total. The highest BCUT2D eigenvalue weighted by Crippen LogP contribution is 2.18. The van der Waals surface area contributed by atoms with Crippen LogP contribution in [0.4, 0.5) is 5.69 Å². The van der Waals surface area contributed by atoms with Gasteiger partial charge in [0, 0.05) is 36.5 Å². The molecule has 0 saturated carbocycles. The summed E-state index contributed by atoms with van der Waals surface area (Å²) in [6.45, 7) is 0.919. The molecule has 1 aliphatic heterocycles. The number of likely N-dealkylation sites (tertiary alicyclic amines) is 1. The van der Waals surface area contributed by atoms with E-state index in [0.29, 0.717) is 17.8 Å². The fraction of sp³-hybridized carbons (Fsp3) is 0.182. The number of amides is 3. The van der Waals surface area contributed by atoms with E-state index in [4.69, 9.17) is 0 Å². The van der Waals surface area contributed by atoms with Crippen LogP contribution in [0.5, 0.6) is 0 Å². The lowest BCUT2D eigenvalue weighted by molar-refractivity contribution is -0.139. The van der Waals surface area contributed by atoms with E-state index in [2.05, 4.69) is 10.4 Å². The second-order valence-electron chi connectivity index (χ2n) is 6.93. The minimum Gasteiger partial charge on any atom is -0.322 e. The maximum Gasteiger partial charge on any atom is 0.255 e. The highest BCUT2D eigenvalue weighted by Gasteiger charge is 2.28. The molecule has 146 valence electrons. The third-order valence-corrected chi connectivity index (χ3v) is 4.83. The minimum atomic E-state index is -0.201. The minimum absolute atomic E-state index is 0.136. The van der Waals surface area contributed by atoms with Gasteiger partial charge in [-0.25, -0.2) is 0 Å². The van der Waals surface area contributed by atoms with Crippen molar-refractivity contribution in [1.29, 1.82) is 0 Å². The molecule has 1 aromatic heterocycles. The van der Waals surface area contributed by atoms with E-state index in [1.54, 1.807) is 30.5 Å². The molecule has 0 atom stereocenters. The molecule has 0 aliphatic carbocycles. The van der Waals surface area contributed by atoms with Crippen molar-refractivity contribution in [3.05, 3.63) is 83.7 Å². The Labute approximate surface area is 167 Å². The Balaban J connectivity index is 1.35. The normalized spacial score (nSPS) is 13.7. The molecular weight excluding hydrogens is 368 g/mol. The van der Waals surface area contributed by atoms with Gasteiger partial charge in [-0.15, -0.1) is 0 Å². The van der Waals surface area contributed by atoms with Gasteiger partial charge < -0.3 is 5.32 Å². The van der Waals surface area contributed by atoms with Crippen LogP contribution in [0.15, 0.2) is 67.0 Å². The lowest BCUT2D eigenvalue weighted by Gasteiger charge is -2.14. The van der Waals surface area contributed by atoms with Crippen LogP contribution < -0.4 is 5.32 Å². The SMILES string of the molecule is O=C(Nc1ccc(CN2C(=O)CCC2=O)cc1)c1ccc(Cn2cccn2)cc1. The van der Waals surface area contributed by atoms with Gasteiger partial charge in [-0.2, -0.15) is 5.10 Å². The largest absolute Gasteiger partial charge is 0.322 e. The van der Waals surface area contributed by atoms with Gasteiger partial charge in [0.2, 0.25) is 11.8 Å². The zero-order valence-corrected chi connectivity index (χ0v) is 15.7. The Hall–Kier alpha value is -3.74. The second-order valence-corrected chi connectivity index (χ2v) is 6.93. The Bertz CT molecular complexity index is 1010. The van der Waals surface area contributed by atoms with E-state index in [0.717, 1.165) is 11.1 Å². The Morgan fingerprint density at radius 1 is 0.897 bits per heavy atom. The van der Waals surface area contributed by atoms with Gasteiger partial charge in [-0.05, 0) is 41.5 Å². The number of aromatic nitrogens is 2. The fourth-order valence-corrected chi connectivity index (χ4v) is 3.22. The molecule has 4 rings (SSSR count). The smallest absolute Gasteiger partial charge is 0.255 e. The van der Waals surface area contributed by atoms with Gasteiger partial charge >= 0.3 is 0 Å². The number of imide groups is 1. The summed E-state index contributed by atoms with van der Waals surface area (Å²) in [5.41, 5.74) is 3.11. The molecule has 2 heterocycles. The van der Waals surface area contributed by atoms with Crippen molar-refractivity contribution in [3.8, 4) is 0 Å². The summed E-state index contributed by atoms with van der Waals surface area (Å²) in [5.74, 6) is -0.472. The van der Waals surface area contributed by atoms with Crippen LogP contribution in [0.2, 0.25) is 0 Å². The summed E-state index contributed by atoms with van der Waals surface area (Å²) < 4.78 is 1.82. The van der Waals surface area contributed by atoms with Crippen molar-refractivity contribution >= 4 is 23.4 Å². The number of nitrogens with one attached hydrogen (secondary N) is 1. The zero-order chi connectivity index (χ0) is 20.2. The summed E-state index contributed by atoms with van der Waals surface area (Å²) in [7, 11) is 0. The molecule has 0 bridgehead atoms. The molecule has 29 heavy (non-hydrogen) atoms. The zero-order valence-electron chi connectivity index (χ0n) is 15.7. The monoisotopic (exact) mass is 388 g/mol. The predicted molar refractivity (Wildman–Crippen MR) is 107 cm³/mol. The van der Waals surface area contributed by atoms with Crippen molar-refractivity contribution in [1.82, 2.24) is 14.7 Å². The Morgan fingerprint density at radius 3 is 2.14 bits per heavy atom. The van der Waals surface area contributed by atoms with Crippen molar-refractivity contribution in [2.24, 2.45) is 0 Å². The van der Waals surface area contributed by atoms with Crippen molar-refractivity contribution in [2.45, 2.75) is 25.9 Å². The molecule has 1 N–H and O–H groups in total. The van der Waals surface area contributed by atoms with E-state index in [1.165, 1.54) is 4.90 Å². The number of rotatable bonds is 6. The molecule has 1 fully saturated rings. The van der Waals surface area contributed by atoms with Crippen LogP contribution in [-0.4, -0.2) is 32.4 Å². The molecule has 7 heteroatoms. The third-order valence-electron chi connectivity index (χ3n) is 4.83. The van der Waals surface area contributed by atoms with Crippen LogP contribution in [0, 0.1) is 0 Å². The van der Waals surface area contributed by atoms with Crippen LogP contribution in [-0.2, 0) is 22.7 Å². The van der Waals surface area contributed by atoms with Crippen LogP contribution in [0.3, 0.4) is 0 Å². The molecule has 3 amide bonds. The van der Waals surface area contributed by atoms with Crippen LogP contribution in [0.1, 0.15) is 34.3 Å². The number of carbonyl (C=O) groups excluding carboxylic acids is 3. The first-order valence-corrected chi connectivity index (χ1v) is 9.38. The first-order valence-electron chi connectivity index (χ1n) is 9.38. The maximum atomic E-state index is 12.5. The summed E-state index contributed by atoms with van der Waals surface area (Å²) >= 11 is 0. The van der Waals surface area contributed by atoms with Gasteiger partial charge in [0.25, 0.3) is 5.91 Å². The molecule has 1 saturated heterocycles. The molecule has 2 aromatic carbocycles. The second kappa shape index (κ2) is 8.10. The summed E-state index contributed by atoms with van der Waals surface area (Å²) in [5, 5.41) is 7.03. The van der Waals surface area contributed by atoms with E-state index in [1.807, 2.05) is 41.2 Å². The average Bonchev–Trinajstić information content (AvgIpc) is 3.35. The molecule has 0 spiro atoms. The summed E-state index contributed by atoms with van der Waals surface area (Å²) in [6.07, 6.45) is 4.19. The van der Waals surface area contributed by atoms with Crippen LogP contribution in [0.25, 0.3) is 0 Å². The Morgan fingerprint density at radius 2 is 1.52 bits per heavy atom. The molecule has 1 aliphatic rings. The van der Waals surface area contributed by atoms with E-state index < -0.39 is 0 Å². The Kier molecular flexibility index (Phi) is 5.20. The highest BCUT2D eigenvalue weighted by atomic mass is 16.2. The first kappa shape index (κ1) is 18.6. The fourth-order valence-electron chi connectivity index (χ4n) is 3.22. The highest BCUT2D eigenvalue weighted by molar-refractivity contribution is 6.04. The van der Waals surface area contributed by atoms with Crippen molar-refractivity contribution in [2.75, 3.05) is 5.32 Å². The van der Waals surface area contributed by atoms with Gasteiger partial charge in [-0.3, -0.25) is 24.0 Å². The number of hydrogen-bond acceptors (Lipinski definition) is 4. The van der Waals surface area contributed by atoms with Gasteiger partial charge in [-0.1, -0.05) is 24.3 Å². The predicted octanol–water partition coefficient (Wildman–Crippen LogP) is 2.83. The maximum absolute atomic E-state index is 12.5. The number of hydrogen-bond donors (Lipinski definition) is 1. The lowest BCUT2D eigenvalue weighted by Crippen LogP contribution is -2.28. The van der Waals surface area contributed by atoms with Crippen molar-refractivity contribution < 1.29 is 14.4 Å². The van der Waals surface area contributed by atoms with Crippen LogP contribution >= 0.6 is 0 Å². The molecule has 0 radical (unpaired) electrons. The molecular formula is C22H20N4O3. The van der Waals surface area contributed by atoms with E-state index >= 15 is 0 Å². The lowest BCUT2D eigenvalue weighted by atomic mass is 10.1. The van der Waals surface area contributed by atoms with Gasteiger partial charge in [0.1, 0.15) is 0 Å². The number of nitrogens with zero attached hydrogens (tertiary/aromatic N) is 3. The molecule has 0 unspecified atom stereocenters. The average molecular weight is 388 g/mol. The van der Waals surface area contributed by atoms with E-state index in [-0.39, 0.29) is 37.1 Å². The van der Waals surface area contributed by atoms with Crippen molar-refractivity contribution in [3.63, 3.8) is 0 Å². The first-order chi connectivity index (χ1) is 14.1. The summed E-state index contributed by atoms with van der Waals surface area (Å²) in [6, 6.07) is 16.4. The van der Waals surface area contributed by atoms with Gasteiger partial charge in [0.05, 0.1) is 13.1 Å². The van der Waals surface area contributed by atoms with E-state index in [9.17, 15) is 14.4 Å². The molecule has 3 aromatic rings. The van der Waals surface area contributed by atoms with Gasteiger partial charge in [0.15, 0.2) is 0 Å². The topological polar surface area (TPSA) is 84.3 Å². The third kappa shape index (κ3) is 4.40.